The van der Waals surface area contributed by atoms with Gasteiger partial charge in [0.25, 0.3) is 5.56 Å². The van der Waals surface area contributed by atoms with Crippen LogP contribution in [0, 0.1) is 31.1 Å². The number of aromatic nitrogens is 4. The van der Waals surface area contributed by atoms with Gasteiger partial charge in [-0.15, -0.1) is 11.3 Å². The van der Waals surface area contributed by atoms with Crippen molar-refractivity contribution in [1.82, 2.24) is 19.2 Å². The minimum absolute atomic E-state index is 0.103. The lowest BCUT2D eigenvalue weighted by Crippen LogP contribution is -2.18. The van der Waals surface area contributed by atoms with E-state index in [9.17, 15) is 9.90 Å². The van der Waals surface area contributed by atoms with E-state index in [4.69, 9.17) is 5.26 Å². The van der Waals surface area contributed by atoms with E-state index in [1.807, 2.05) is 19.9 Å². The largest absolute Gasteiger partial charge is 0.396 e. The average molecular weight is 355 g/mol. The summed E-state index contributed by atoms with van der Waals surface area (Å²) in [6.45, 7) is 4.38. The predicted octanol–water partition coefficient (Wildman–Crippen LogP) is 1.59. The van der Waals surface area contributed by atoms with E-state index in [1.54, 1.807) is 15.1 Å². The summed E-state index contributed by atoms with van der Waals surface area (Å²) < 4.78 is 3.36. The van der Waals surface area contributed by atoms with E-state index in [1.165, 1.54) is 17.4 Å². The van der Waals surface area contributed by atoms with Crippen LogP contribution >= 0.6 is 11.3 Å². The molecule has 3 aromatic rings. The van der Waals surface area contributed by atoms with Crippen molar-refractivity contribution in [2.45, 2.75) is 32.7 Å². The number of nitrogens with zero attached hydrogens (tertiary/aromatic N) is 5. The molecular weight excluding hydrogens is 338 g/mol. The molecule has 0 amide bonds. The van der Waals surface area contributed by atoms with Gasteiger partial charge in [-0.3, -0.25) is 13.9 Å². The smallest absolute Gasteiger partial charge is 0.259 e. The first-order valence-electron chi connectivity index (χ1n) is 8.09. The summed E-state index contributed by atoms with van der Waals surface area (Å²) in [5.41, 5.74) is 2.72. The highest BCUT2D eigenvalue weighted by Gasteiger charge is 2.41. The van der Waals surface area contributed by atoms with Crippen molar-refractivity contribution in [1.29, 1.82) is 5.26 Å². The van der Waals surface area contributed by atoms with Crippen LogP contribution in [0.3, 0.4) is 0 Å². The lowest BCUT2D eigenvalue weighted by Gasteiger charge is -2.05. The lowest BCUT2D eigenvalue weighted by atomic mass is 10.2. The summed E-state index contributed by atoms with van der Waals surface area (Å²) >= 11 is 1.50. The van der Waals surface area contributed by atoms with Crippen molar-refractivity contribution in [2.24, 2.45) is 5.92 Å². The SMILES string of the molecule is Cc1sc2nc(Cn3nc(C#N)cc3C)cc(=O)n2c1[C@@H]1C[C@H]1CO. The highest BCUT2D eigenvalue weighted by Crippen LogP contribution is 2.49. The molecule has 1 aliphatic carbocycles. The van der Waals surface area contributed by atoms with Gasteiger partial charge in [0.15, 0.2) is 10.7 Å². The Morgan fingerprint density at radius 1 is 1.44 bits per heavy atom. The van der Waals surface area contributed by atoms with E-state index in [-0.39, 0.29) is 24.0 Å². The Kier molecular flexibility index (Phi) is 3.71. The summed E-state index contributed by atoms with van der Waals surface area (Å²) in [6, 6.07) is 5.26. The van der Waals surface area contributed by atoms with Crippen molar-refractivity contribution < 1.29 is 5.11 Å². The van der Waals surface area contributed by atoms with Crippen LogP contribution in [-0.4, -0.2) is 30.9 Å². The van der Waals surface area contributed by atoms with E-state index in [0.717, 1.165) is 22.7 Å². The summed E-state index contributed by atoms with van der Waals surface area (Å²) in [5.74, 6) is 0.495. The van der Waals surface area contributed by atoms with Gasteiger partial charge in [0.1, 0.15) is 6.07 Å². The molecule has 0 radical (unpaired) electrons. The number of thiazole rings is 1. The van der Waals surface area contributed by atoms with Gasteiger partial charge in [-0.2, -0.15) is 10.4 Å². The zero-order valence-electron chi connectivity index (χ0n) is 13.9. The molecule has 0 aromatic carbocycles. The standard InChI is InChI=1S/C17H17N5O2S/c1-9-3-12(6-18)20-21(9)7-13-5-15(24)22-16(14-4-11(14)8-23)10(2)25-17(22)19-13/h3,5,11,14,23H,4,7-8H2,1-2H3/t11-,14+/m0/s1. The molecule has 1 N–H and O–H groups in total. The molecule has 0 aliphatic heterocycles. The minimum Gasteiger partial charge on any atom is -0.396 e. The molecule has 2 atom stereocenters. The molecule has 0 unspecified atom stereocenters. The van der Waals surface area contributed by atoms with Crippen LogP contribution in [0.15, 0.2) is 16.9 Å². The van der Waals surface area contributed by atoms with Gasteiger partial charge in [0, 0.05) is 34.9 Å². The van der Waals surface area contributed by atoms with Gasteiger partial charge in [-0.1, -0.05) is 0 Å². The molecule has 25 heavy (non-hydrogen) atoms. The summed E-state index contributed by atoms with van der Waals surface area (Å²) in [7, 11) is 0. The fourth-order valence-corrected chi connectivity index (χ4v) is 4.38. The van der Waals surface area contributed by atoms with Crippen molar-refractivity contribution in [3.63, 3.8) is 0 Å². The second-order valence-corrected chi connectivity index (χ2v) is 7.65. The second kappa shape index (κ2) is 5.79. The van der Waals surface area contributed by atoms with Crippen LogP contribution in [-0.2, 0) is 6.54 Å². The predicted molar refractivity (Wildman–Crippen MR) is 92.8 cm³/mol. The number of aryl methyl sites for hydroxylation is 2. The third-order valence-electron chi connectivity index (χ3n) is 4.70. The molecule has 1 saturated carbocycles. The maximum Gasteiger partial charge on any atom is 0.259 e. The van der Waals surface area contributed by atoms with Crippen LogP contribution in [0.2, 0.25) is 0 Å². The maximum absolute atomic E-state index is 12.7. The van der Waals surface area contributed by atoms with Gasteiger partial charge < -0.3 is 5.11 Å². The first-order valence-corrected chi connectivity index (χ1v) is 8.91. The fourth-order valence-electron chi connectivity index (χ4n) is 3.31. The molecule has 7 nitrogen and oxygen atoms in total. The zero-order valence-corrected chi connectivity index (χ0v) is 14.7. The Morgan fingerprint density at radius 2 is 2.24 bits per heavy atom. The summed E-state index contributed by atoms with van der Waals surface area (Å²) in [4.78, 5) is 19.1. The first-order chi connectivity index (χ1) is 12.0. The fraction of sp³-hybridized carbons (Fsp3) is 0.412. The summed E-state index contributed by atoms with van der Waals surface area (Å²) in [5, 5.41) is 22.5. The van der Waals surface area contributed by atoms with E-state index >= 15 is 0 Å². The lowest BCUT2D eigenvalue weighted by molar-refractivity contribution is 0.273. The molecule has 0 spiro atoms. The Hall–Kier alpha value is -2.50. The maximum atomic E-state index is 12.7. The van der Waals surface area contributed by atoms with Gasteiger partial charge in [0.2, 0.25) is 0 Å². The van der Waals surface area contributed by atoms with Crippen LogP contribution < -0.4 is 5.56 Å². The first kappa shape index (κ1) is 16.0. The molecule has 3 heterocycles. The number of aliphatic hydroxyl groups is 1. The third-order valence-corrected chi connectivity index (χ3v) is 5.67. The highest BCUT2D eigenvalue weighted by molar-refractivity contribution is 7.17. The van der Waals surface area contributed by atoms with Crippen LogP contribution in [0.25, 0.3) is 4.96 Å². The number of rotatable bonds is 4. The quantitative estimate of drug-likeness (QED) is 0.766. The molecule has 0 bridgehead atoms. The second-order valence-electron chi connectivity index (χ2n) is 6.47. The topological polar surface area (TPSA) is 96.2 Å². The monoisotopic (exact) mass is 355 g/mol. The van der Waals surface area contributed by atoms with Crippen molar-refractivity contribution >= 4 is 16.3 Å². The molecule has 3 aromatic heterocycles. The minimum atomic E-state index is -0.103. The Bertz CT molecular complexity index is 1070. The van der Waals surface area contributed by atoms with Crippen molar-refractivity contribution in [2.75, 3.05) is 6.61 Å². The van der Waals surface area contributed by atoms with Gasteiger partial charge in [-0.25, -0.2) is 4.98 Å². The molecular formula is C17H17N5O2S. The number of hydrogen-bond donors (Lipinski definition) is 1. The van der Waals surface area contributed by atoms with Crippen LogP contribution in [0.5, 0.6) is 0 Å². The molecule has 8 heteroatoms. The molecule has 128 valence electrons. The third kappa shape index (κ3) is 2.65. The van der Waals surface area contributed by atoms with Crippen LogP contribution in [0.4, 0.5) is 0 Å². The van der Waals surface area contributed by atoms with Gasteiger partial charge in [0.05, 0.1) is 12.2 Å². The Balaban J connectivity index is 1.75. The van der Waals surface area contributed by atoms with E-state index < -0.39 is 0 Å². The molecule has 1 aliphatic rings. The molecule has 4 rings (SSSR count). The normalized spacial score (nSPS) is 19.3. The average Bonchev–Trinajstić information content (AvgIpc) is 3.15. The van der Waals surface area contributed by atoms with Gasteiger partial charge >= 0.3 is 0 Å². The Morgan fingerprint density at radius 3 is 2.88 bits per heavy atom. The summed E-state index contributed by atoms with van der Waals surface area (Å²) in [6.07, 6.45) is 0.917. The zero-order chi connectivity index (χ0) is 17.7. The number of hydrogen-bond acceptors (Lipinski definition) is 6. The van der Waals surface area contributed by atoms with Crippen LogP contribution in [0.1, 0.15) is 40.0 Å². The molecule has 1 fully saturated rings. The van der Waals surface area contributed by atoms with E-state index in [0.29, 0.717) is 22.9 Å². The van der Waals surface area contributed by atoms with Crippen molar-refractivity contribution in [3.05, 3.63) is 50.1 Å². The Labute approximate surface area is 147 Å². The van der Waals surface area contributed by atoms with Crippen molar-refractivity contribution in [3.8, 4) is 6.07 Å². The number of nitriles is 1. The van der Waals surface area contributed by atoms with Gasteiger partial charge in [-0.05, 0) is 32.3 Å². The highest BCUT2D eigenvalue weighted by atomic mass is 32.1. The number of aliphatic hydroxyl groups excluding tert-OH is 1. The van der Waals surface area contributed by atoms with E-state index in [2.05, 4.69) is 10.1 Å². The molecule has 0 saturated heterocycles. The number of fused-ring (bicyclic) bond motifs is 1.